The zero-order valence-electron chi connectivity index (χ0n) is 13.9. The third kappa shape index (κ3) is 2.82. The molecule has 0 N–H and O–H groups in total. The Morgan fingerprint density at radius 3 is 2.96 bits per heavy atom. The number of rotatable bonds is 4. The number of fused-ring (bicyclic) bond motifs is 1. The average Bonchev–Trinajstić information content (AvgIpc) is 3.30. The smallest absolute Gasteiger partial charge is 0.361 e. The Bertz CT molecular complexity index is 894. The van der Waals surface area contributed by atoms with Crippen LogP contribution in [0, 0.1) is 0 Å². The Labute approximate surface area is 144 Å². The van der Waals surface area contributed by atoms with Gasteiger partial charge >= 0.3 is 5.97 Å². The highest BCUT2D eigenvalue weighted by molar-refractivity contribution is 6.04. The lowest BCUT2D eigenvalue weighted by atomic mass is 9.99. The van der Waals surface area contributed by atoms with E-state index in [0.717, 1.165) is 19.5 Å². The Balaban J connectivity index is 1.68. The van der Waals surface area contributed by atoms with Crippen LogP contribution in [0.3, 0.4) is 0 Å². The predicted octanol–water partition coefficient (Wildman–Crippen LogP) is 2.79. The van der Waals surface area contributed by atoms with Crippen molar-refractivity contribution >= 4 is 22.9 Å². The highest BCUT2D eigenvalue weighted by Gasteiger charge is 2.30. The van der Waals surface area contributed by atoms with Gasteiger partial charge in [-0.1, -0.05) is 35.5 Å². The Morgan fingerprint density at radius 1 is 1.32 bits per heavy atom. The lowest BCUT2D eigenvalue weighted by molar-refractivity contribution is 0.0517. The SMILES string of the molecule is CCOC(=O)c1noc2ncnc(N3CC[C@@H](c4ccccc4)C3)c12. The van der Waals surface area contributed by atoms with Gasteiger partial charge in [0.05, 0.1) is 6.61 Å². The van der Waals surface area contributed by atoms with Crippen LogP contribution in [-0.4, -0.2) is 40.8 Å². The van der Waals surface area contributed by atoms with Crippen LogP contribution < -0.4 is 4.90 Å². The maximum absolute atomic E-state index is 12.2. The summed E-state index contributed by atoms with van der Waals surface area (Å²) < 4.78 is 10.3. The van der Waals surface area contributed by atoms with Gasteiger partial charge in [-0.3, -0.25) is 0 Å². The molecule has 0 aliphatic carbocycles. The molecular formula is C18H18N4O3. The van der Waals surface area contributed by atoms with E-state index in [1.165, 1.54) is 11.9 Å². The quantitative estimate of drug-likeness (QED) is 0.677. The molecule has 7 nitrogen and oxygen atoms in total. The van der Waals surface area contributed by atoms with Crippen LogP contribution in [0.4, 0.5) is 5.82 Å². The molecule has 3 aromatic rings. The molecule has 1 saturated heterocycles. The first-order valence-corrected chi connectivity index (χ1v) is 8.35. The van der Waals surface area contributed by atoms with Crippen LogP contribution in [0.5, 0.6) is 0 Å². The summed E-state index contributed by atoms with van der Waals surface area (Å²) in [4.78, 5) is 22.8. The van der Waals surface area contributed by atoms with Crippen LogP contribution in [-0.2, 0) is 4.74 Å². The fourth-order valence-electron chi connectivity index (χ4n) is 3.30. The molecule has 3 heterocycles. The number of aromatic nitrogens is 3. The lowest BCUT2D eigenvalue weighted by Gasteiger charge is -2.18. The Hall–Kier alpha value is -2.96. The fourth-order valence-corrected chi connectivity index (χ4v) is 3.30. The summed E-state index contributed by atoms with van der Waals surface area (Å²) in [5, 5.41) is 4.37. The molecule has 1 aromatic carbocycles. The van der Waals surface area contributed by atoms with Crippen molar-refractivity contribution in [3.05, 3.63) is 47.9 Å². The summed E-state index contributed by atoms with van der Waals surface area (Å²) >= 11 is 0. The molecule has 0 bridgehead atoms. The second-order valence-electron chi connectivity index (χ2n) is 5.97. The van der Waals surface area contributed by atoms with Crippen molar-refractivity contribution in [1.82, 2.24) is 15.1 Å². The largest absolute Gasteiger partial charge is 0.461 e. The van der Waals surface area contributed by atoms with E-state index in [2.05, 4.69) is 44.3 Å². The average molecular weight is 338 g/mol. The molecule has 0 amide bonds. The maximum Gasteiger partial charge on any atom is 0.361 e. The second kappa shape index (κ2) is 6.51. The van der Waals surface area contributed by atoms with Crippen LogP contribution >= 0.6 is 0 Å². The van der Waals surface area contributed by atoms with Gasteiger partial charge in [0.15, 0.2) is 0 Å². The molecule has 0 saturated carbocycles. The number of anilines is 1. The van der Waals surface area contributed by atoms with Gasteiger partial charge in [0.1, 0.15) is 17.5 Å². The summed E-state index contributed by atoms with van der Waals surface area (Å²) in [7, 11) is 0. The normalized spacial score (nSPS) is 17.2. The van der Waals surface area contributed by atoms with E-state index in [-0.39, 0.29) is 12.3 Å². The zero-order valence-corrected chi connectivity index (χ0v) is 13.9. The Kier molecular flexibility index (Phi) is 4.05. The van der Waals surface area contributed by atoms with Crippen LogP contribution in [0.15, 0.2) is 41.2 Å². The molecule has 128 valence electrons. The fraction of sp³-hybridized carbons (Fsp3) is 0.333. The highest BCUT2D eigenvalue weighted by atomic mass is 16.5. The number of carbonyl (C=O) groups excluding carboxylic acids is 1. The molecule has 1 fully saturated rings. The molecule has 0 spiro atoms. The van der Waals surface area contributed by atoms with E-state index in [1.54, 1.807) is 6.92 Å². The highest BCUT2D eigenvalue weighted by Crippen LogP contribution is 2.34. The summed E-state index contributed by atoms with van der Waals surface area (Å²) in [6.45, 7) is 3.70. The molecule has 25 heavy (non-hydrogen) atoms. The molecule has 0 radical (unpaired) electrons. The first kappa shape index (κ1) is 15.6. The van der Waals surface area contributed by atoms with Gasteiger partial charge in [0, 0.05) is 19.0 Å². The summed E-state index contributed by atoms with van der Waals surface area (Å²) in [6.07, 6.45) is 2.46. The van der Waals surface area contributed by atoms with Gasteiger partial charge in [-0.15, -0.1) is 0 Å². The van der Waals surface area contributed by atoms with E-state index < -0.39 is 5.97 Å². The maximum atomic E-state index is 12.2. The first-order valence-electron chi connectivity index (χ1n) is 8.35. The molecule has 1 atom stereocenters. The second-order valence-corrected chi connectivity index (χ2v) is 5.97. The van der Waals surface area contributed by atoms with Crippen molar-refractivity contribution in [3.63, 3.8) is 0 Å². The van der Waals surface area contributed by atoms with Crippen molar-refractivity contribution in [3.8, 4) is 0 Å². The van der Waals surface area contributed by atoms with Gasteiger partial charge in [-0.25, -0.2) is 9.78 Å². The predicted molar refractivity (Wildman–Crippen MR) is 91.6 cm³/mol. The van der Waals surface area contributed by atoms with E-state index in [1.807, 2.05) is 6.07 Å². The molecule has 4 rings (SSSR count). The minimum absolute atomic E-state index is 0.135. The molecule has 2 aromatic heterocycles. The van der Waals surface area contributed by atoms with Gasteiger partial charge < -0.3 is 14.2 Å². The van der Waals surface area contributed by atoms with E-state index in [4.69, 9.17) is 9.26 Å². The molecule has 7 heteroatoms. The third-order valence-corrected chi connectivity index (χ3v) is 4.48. The van der Waals surface area contributed by atoms with Gasteiger partial charge in [0.25, 0.3) is 5.71 Å². The van der Waals surface area contributed by atoms with Crippen molar-refractivity contribution in [2.75, 3.05) is 24.6 Å². The van der Waals surface area contributed by atoms with E-state index in [9.17, 15) is 4.79 Å². The number of hydrogen-bond donors (Lipinski definition) is 0. The molecule has 0 unspecified atom stereocenters. The zero-order chi connectivity index (χ0) is 17.2. The van der Waals surface area contributed by atoms with Crippen molar-refractivity contribution in [1.29, 1.82) is 0 Å². The molecule has 1 aliphatic heterocycles. The van der Waals surface area contributed by atoms with Crippen molar-refractivity contribution < 1.29 is 14.1 Å². The van der Waals surface area contributed by atoms with Crippen LogP contribution in [0.25, 0.3) is 11.1 Å². The number of esters is 1. The lowest BCUT2D eigenvalue weighted by Crippen LogP contribution is -2.21. The Morgan fingerprint density at radius 2 is 2.16 bits per heavy atom. The number of carbonyl (C=O) groups is 1. The number of ether oxygens (including phenoxy) is 1. The molecular weight excluding hydrogens is 320 g/mol. The minimum atomic E-state index is -0.517. The van der Waals surface area contributed by atoms with Crippen LogP contribution in [0.2, 0.25) is 0 Å². The monoisotopic (exact) mass is 338 g/mol. The van der Waals surface area contributed by atoms with Crippen molar-refractivity contribution in [2.24, 2.45) is 0 Å². The van der Waals surface area contributed by atoms with E-state index >= 15 is 0 Å². The summed E-state index contributed by atoms with van der Waals surface area (Å²) in [5.41, 5.74) is 1.75. The van der Waals surface area contributed by atoms with Gasteiger partial charge in [-0.05, 0) is 18.9 Å². The summed E-state index contributed by atoms with van der Waals surface area (Å²) in [6, 6.07) is 10.4. The third-order valence-electron chi connectivity index (χ3n) is 4.48. The number of nitrogens with zero attached hydrogens (tertiary/aromatic N) is 4. The minimum Gasteiger partial charge on any atom is -0.461 e. The first-order chi connectivity index (χ1) is 12.3. The summed E-state index contributed by atoms with van der Waals surface area (Å²) in [5.74, 6) is 0.584. The van der Waals surface area contributed by atoms with Gasteiger partial charge in [0.2, 0.25) is 5.69 Å². The van der Waals surface area contributed by atoms with Crippen molar-refractivity contribution in [2.45, 2.75) is 19.3 Å². The van der Waals surface area contributed by atoms with E-state index in [0.29, 0.717) is 22.8 Å². The number of hydrogen-bond acceptors (Lipinski definition) is 7. The van der Waals surface area contributed by atoms with Gasteiger partial charge in [-0.2, -0.15) is 4.98 Å². The standard InChI is InChI=1S/C18H18N4O3/c1-2-24-18(23)15-14-16(19-11-20-17(14)25-21-15)22-9-8-13(10-22)12-6-4-3-5-7-12/h3-7,11,13H,2,8-10H2,1H3/t13-/m1/s1. The topological polar surface area (TPSA) is 81.3 Å². The number of benzene rings is 1. The molecule has 1 aliphatic rings. The van der Waals surface area contributed by atoms with Crippen LogP contribution in [0.1, 0.15) is 35.3 Å².